The van der Waals surface area contributed by atoms with Gasteiger partial charge in [0, 0.05) is 21.4 Å². The molecule has 0 heterocycles. The SMILES string of the molecule is CC(C)(C)P(c1ccc2ccccc2c1OCOCc1ccccc1)c1ccc2ccccc2c1OCOCc1ccccc1. The molecule has 0 fully saturated rings. The molecular weight excluding hydrogens is 575 g/mol. The summed E-state index contributed by atoms with van der Waals surface area (Å²) in [7, 11) is -0.970. The van der Waals surface area contributed by atoms with Gasteiger partial charge in [0.2, 0.25) is 0 Å². The predicted octanol–water partition coefficient (Wildman–Crippen LogP) is 9.33. The fourth-order valence-corrected chi connectivity index (χ4v) is 8.57. The van der Waals surface area contributed by atoms with Crippen LogP contribution in [-0.4, -0.2) is 18.7 Å². The van der Waals surface area contributed by atoms with Gasteiger partial charge in [0.25, 0.3) is 0 Å². The molecule has 4 nitrogen and oxygen atoms in total. The third-order valence-electron chi connectivity index (χ3n) is 7.67. The molecule has 0 aliphatic heterocycles. The van der Waals surface area contributed by atoms with Crippen LogP contribution in [-0.2, 0) is 22.7 Å². The molecule has 6 rings (SSSR count). The molecule has 0 bridgehead atoms. The van der Waals surface area contributed by atoms with Gasteiger partial charge in [-0.3, -0.25) is 0 Å². The normalized spacial score (nSPS) is 11.7. The molecule has 0 aliphatic rings. The summed E-state index contributed by atoms with van der Waals surface area (Å²) in [5.74, 6) is 1.73. The molecule has 0 saturated heterocycles. The summed E-state index contributed by atoms with van der Waals surface area (Å²) in [6.07, 6.45) is 0. The lowest BCUT2D eigenvalue weighted by Gasteiger charge is -2.35. The fourth-order valence-electron chi connectivity index (χ4n) is 5.64. The highest BCUT2D eigenvalue weighted by molar-refractivity contribution is 7.74. The van der Waals surface area contributed by atoms with Crippen molar-refractivity contribution in [3.63, 3.8) is 0 Å². The van der Waals surface area contributed by atoms with Crippen LogP contribution >= 0.6 is 7.92 Å². The zero-order valence-electron chi connectivity index (χ0n) is 26.1. The zero-order chi connectivity index (χ0) is 31.1. The molecule has 45 heavy (non-hydrogen) atoms. The molecule has 0 radical (unpaired) electrons. The molecule has 0 atom stereocenters. The van der Waals surface area contributed by atoms with Crippen LogP contribution in [0.2, 0.25) is 0 Å². The lowest BCUT2D eigenvalue weighted by atomic mass is 10.1. The van der Waals surface area contributed by atoms with E-state index >= 15 is 0 Å². The number of fused-ring (bicyclic) bond motifs is 2. The maximum Gasteiger partial charge on any atom is 0.189 e. The van der Waals surface area contributed by atoms with Crippen molar-refractivity contribution in [1.82, 2.24) is 0 Å². The van der Waals surface area contributed by atoms with Crippen molar-refractivity contribution in [2.45, 2.75) is 39.1 Å². The monoisotopic (exact) mass is 614 g/mol. The zero-order valence-corrected chi connectivity index (χ0v) is 27.0. The first-order valence-electron chi connectivity index (χ1n) is 15.3. The van der Waals surface area contributed by atoms with Crippen molar-refractivity contribution >= 4 is 40.1 Å². The first kappa shape index (κ1) is 30.8. The van der Waals surface area contributed by atoms with Crippen LogP contribution in [0.4, 0.5) is 0 Å². The van der Waals surface area contributed by atoms with E-state index in [0.717, 1.165) is 54.8 Å². The van der Waals surface area contributed by atoms with Crippen LogP contribution in [0.15, 0.2) is 133 Å². The Kier molecular flexibility index (Phi) is 9.76. The second-order valence-electron chi connectivity index (χ2n) is 12.0. The maximum absolute atomic E-state index is 6.57. The Morgan fingerprint density at radius 3 is 1.29 bits per heavy atom. The van der Waals surface area contributed by atoms with E-state index in [4.69, 9.17) is 18.9 Å². The number of hydrogen-bond acceptors (Lipinski definition) is 4. The summed E-state index contributed by atoms with van der Waals surface area (Å²) in [6, 6.07) is 46.0. The van der Waals surface area contributed by atoms with Crippen LogP contribution in [0.3, 0.4) is 0 Å². The molecule has 0 aromatic heterocycles. The first-order valence-corrected chi connectivity index (χ1v) is 16.7. The van der Waals surface area contributed by atoms with E-state index in [-0.39, 0.29) is 18.7 Å². The van der Waals surface area contributed by atoms with E-state index in [2.05, 4.69) is 118 Å². The van der Waals surface area contributed by atoms with Crippen LogP contribution in [0.5, 0.6) is 11.5 Å². The maximum atomic E-state index is 6.57. The number of rotatable bonds is 12. The van der Waals surface area contributed by atoms with Crippen molar-refractivity contribution in [3.05, 3.63) is 145 Å². The van der Waals surface area contributed by atoms with Crippen molar-refractivity contribution in [1.29, 1.82) is 0 Å². The fraction of sp³-hybridized carbons (Fsp3) is 0.200. The van der Waals surface area contributed by atoms with Gasteiger partial charge in [-0.2, -0.15) is 0 Å². The molecule has 6 aromatic rings. The predicted molar refractivity (Wildman–Crippen MR) is 187 cm³/mol. The van der Waals surface area contributed by atoms with Crippen LogP contribution in [0.1, 0.15) is 31.9 Å². The number of ether oxygens (including phenoxy) is 4. The van der Waals surface area contributed by atoms with Gasteiger partial charge in [-0.15, -0.1) is 0 Å². The van der Waals surface area contributed by atoms with E-state index in [1.807, 2.05) is 36.4 Å². The largest absolute Gasteiger partial charge is 0.466 e. The second-order valence-corrected chi connectivity index (χ2v) is 14.9. The average Bonchev–Trinajstić information content (AvgIpc) is 3.06. The summed E-state index contributed by atoms with van der Waals surface area (Å²) < 4.78 is 25.2. The smallest absolute Gasteiger partial charge is 0.189 e. The van der Waals surface area contributed by atoms with Gasteiger partial charge in [-0.25, -0.2) is 0 Å². The molecule has 6 aromatic carbocycles. The van der Waals surface area contributed by atoms with Gasteiger partial charge in [-0.05, 0) is 47.1 Å². The molecule has 0 aliphatic carbocycles. The number of benzene rings is 6. The van der Waals surface area contributed by atoms with Crippen molar-refractivity contribution < 1.29 is 18.9 Å². The van der Waals surface area contributed by atoms with Crippen LogP contribution < -0.4 is 20.1 Å². The van der Waals surface area contributed by atoms with Crippen molar-refractivity contribution in [3.8, 4) is 11.5 Å². The highest BCUT2D eigenvalue weighted by Crippen LogP contribution is 2.53. The first-order chi connectivity index (χ1) is 22.0. The van der Waals surface area contributed by atoms with Crippen molar-refractivity contribution in [2.75, 3.05) is 13.6 Å². The Morgan fingerprint density at radius 2 is 0.867 bits per heavy atom. The molecule has 0 amide bonds. The molecule has 0 N–H and O–H groups in total. The Morgan fingerprint density at radius 1 is 0.467 bits per heavy atom. The Labute approximate surface area is 267 Å². The Bertz CT molecular complexity index is 1720. The van der Waals surface area contributed by atoms with Gasteiger partial charge in [0.1, 0.15) is 11.5 Å². The summed E-state index contributed by atoms with van der Waals surface area (Å²) in [4.78, 5) is 0. The van der Waals surface area contributed by atoms with E-state index in [9.17, 15) is 0 Å². The summed E-state index contributed by atoms with van der Waals surface area (Å²) >= 11 is 0. The molecule has 0 spiro atoms. The summed E-state index contributed by atoms with van der Waals surface area (Å²) in [6.45, 7) is 8.17. The lowest BCUT2D eigenvalue weighted by Crippen LogP contribution is -2.29. The quantitative estimate of drug-likeness (QED) is 0.0782. The van der Waals surface area contributed by atoms with Gasteiger partial charge < -0.3 is 18.9 Å². The van der Waals surface area contributed by atoms with E-state index in [1.54, 1.807) is 0 Å². The van der Waals surface area contributed by atoms with Crippen molar-refractivity contribution in [2.24, 2.45) is 0 Å². The van der Waals surface area contributed by atoms with E-state index in [1.165, 1.54) is 0 Å². The summed E-state index contributed by atoms with van der Waals surface area (Å²) in [5, 5.41) is 6.61. The third kappa shape index (κ3) is 7.37. The van der Waals surface area contributed by atoms with Gasteiger partial charge >= 0.3 is 0 Å². The van der Waals surface area contributed by atoms with Gasteiger partial charge in [0.15, 0.2) is 13.6 Å². The highest BCUT2D eigenvalue weighted by atomic mass is 31.1. The topological polar surface area (TPSA) is 36.9 Å². The molecule has 5 heteroatoms. The standard InChI is InChI=1S/C40H39O4P/c1-40(2,3)45(36-24-22-32-18-10-12-20-34(32)38(36)43-28-41-26-30-14-6-4-7-15-30)37-25-23-33-19-11-13-21-35(33)39(37)44-29-42-27-31-16-8-5-9-17-31/h4-25H,26-29H2,1-3H3. The van der Waals surface area contributed by atoms with Gasteiger partial charge in [0.05, 0.1) is 13.2 Å². The molecule has 0 unspecified atom stereocenters. The lowest BCUT2D eigenvalue weighted by molar-refractivity contribution is 0.00645. The number of hydrogen-bond donors (Lipinski definition) is 0. The third-order valence-corrected chi connectivity index (χ3v) is 10.7. The molecular formula is C40H39O4P. The minimum Gasteiger partial charge on any atom is -0.466 e. The highest BCUT2D eigenvalue weighted by Gasteiger charge is 2.33. The van der Waals surface area contributed by atoms with E-state index in [0.29, 0.717) is 13.2 Å². The van der Waals surface area contributed by atoms with Crippen LogP contribution in [0.25, 0.3) is 21.5 Å². The minimum absolute atomic E-state index is 0.119. The Hall–Kier alpha value is -4.21. The molecule has 0 saturated carbocycles. The van der Waals surface area contributed by atoms with Gasteiger partial charge in [-0.1, -0.05) is 142 Å². The van der Waals surface area contributed by atoms with E-state index < -0.39 is 7.92 Å². The summed E-state index contributed by atoms with van der Waals surface area (Å²) in [5.41, 5.74) is 2.23. The van der Waals surface area contributed by atoms with Crippen LogP contribution in [0, 0.1) is 0 Å². The Balaban J connectivity index is 1.37. The molecule has 228 valence electrons. The minimum atomic E-state index is -0.970. The average molecular weight is 615 g/mol. The second kappa shape index (κ2) is 14.3.